The second-order valence-electron chi connectivity index (χ2n) is 5.01. The van der Waals surface area contributed by atoms with Gasteiger partial charge in [0.15, 0.2) is 5.82 Å². The summed E-state index contributed by atoms with van der Waals surface area (Å²) in [5, 5.41) is 9.23. The van der Waals surface area contributed by atoms with Crippen molar-refractivity contribution in [2.45, 2.75) is 39.2 Å². The molecule has 1 saturated carbocycles. The van der Waals surface area contributed by atoms with E-state index in [1.54, 1.807) is 6.21 Å². The maximum Gasteiger partial charge on any atom is 0.159 e. The summed E-state index contributed by atoms with van der Waals surface area (Å²) in [5.74, 6) is 1.32. The molecule has 98 valence electrons. The van der Waals surface area contributed by atoms with Gasteiger partial charge in [-0.15, -0.1) is 0 Å². The average Bonchev–Trinajstić information content (AvgIpc) is 2.94. The zero-order valence-corrected chi connectivity index (χ0v) is 11.1. The lowest BCUT2D eigenvalue weighted by Gasteiger charge is -2.14. The first-order valence-corrected chi connectivity index (χ1v) is 6.49. The smallest absolute Gasteiger partial charge is 0.159 e. The van der Waals surface area contributed by atoms with Crippen LogP contribution in [0, 0.1) is 5.92 Å². The summed E-state index contributed by atoms with van der Waals surface area (Å²) in [6.45, 7) is 8.09. The molecule has 4 heteroatoms. The van der Waals surface area contributed by atoms with Crippen molar-refractivity contribution in [2.75, 3.05) is 6.61 Å². The average molecular weight is 247 g/mol. The van der Waals surface area contributed by atoms with E-state index in [-0.39, 0.29) is 6.61 Å². The number of nitrogens with zero attached hydrogens (tertiary/aromatic N) is 3. The van der Waals surface area contributed by atoms with E-state index in [1.807, 2.05) is 20.2 Å². The molecule has 1 N–H and O–H groups in total. The highest BCUT2D eigenvalue weighted by Crippen LogP contribution is 2.38. The molecule has 2 rings (SSSR count). The van der Waals surface area contributed by atoms with Gasteiger partial charge >= 0.3 is 0 Å². The van der Waals surface area contributed by atoms with Crippen molar-refractivity contribution in [3.63, 3.8) is 0 Å². The fourth-order valence-electron chi connectivity index (χ4n) is 2.64. The van der Waals surface area contributed by atoms with Crippen LogP contribution in [0.15, 0.2) is 17.9 Å². The Morgan fingerprint density at radius 2 is 2.44 bits per heavy atom. The molecule has 4 nitrogen and oxygen atoms in total. The van der Waals surface area contributed by atoms with E-state index in [4.69, 9.17) is 0 Å². The zero-order valence-electron chi connectivity index (χ0n) is 11.1. The Morgan fingerprint density at radius 1 is 1.67 bits per heavy atom. The van der Waals surface area contributed by atoms with E-state index in [0.29, 0.717) is 12.0 Å². The van der Waals surface area contributed by atoms with Crippen LogP contribution in [0.1, 0.15) is 44.8 Å². The molecule has 2 atom stereocenters. The van der Waals surface area contributed by atoms with Crippen molar-refractivity contribution in [1.82, 2.24) is 9.55 Å². The van der Waals surface area contributed by atoms with Crippen molar-refractivity contribution < 1.29 is 5.11 Å². The van der Waals surface area contributed by atoms with Crippen LogP contribution in [0.3, 0.4) is 0 Å². The molecule has 0 aliphatic heterocycles. The van der Waals surface area contributed by atoms with Crippen molar-refractivity contribution in [2.24, 2.45) is 10.9 Å². The van der Waals surface area contributed by atoms with E-state index < -0.39 is 0 Å². The second-order valence-corrected chi connectivity index (χ2v) is 5.01. The first-order chi connectivity index (χ1) is 8.67. The van der Waals surface area contributed by atoms with Crippen molar-refractivity contribution in [3.8, 4) is 0 Å². The standard InChI is InChI=1S/C14H21N3O/c1-4-15-14-13(10(2)3)16-9-17(14)12-6-5-11(7-12)8-18/h4,9,11-12,18H,2,5-8H2,1,3H3/b15-4-/t11?,12-/m1/s1. The molecule has 1 unspecified atom stereocenters. The summed E-state index contributed by atoms with van der Waals surface area (Å²) in [6.07, 6.45) is 6.82. The van der Waals surface area contributed by atoms with Crippen LogP contribution >= 0.6 is 0 Å². The number of aliphatic hydroxyl groups excluding tert-OH is 1. The van der Waals surface area contributed by atoms with Gasteiger partial charge in [-0.05, 0) is 44.6 Å². The number of aliphatic imine (C=N–C) groups is 1. The SMILES string of the molecule is C=C(C)c1ncn([C@@H]2CCC(CO)C2)c1/N=C\C. The van der Waals surface area contributed by atoms with Gasteiger partial charge in [0.25, 0.3) is 0 Å². The van der Waals surface area contributed by atoms with Gasteiger partial charge in [0.1, 0.15) is 5.69 Å². The summed E-state index contributed by atoms with van der Waals surface area (Å²) in [5.41, 5.74) is 1.81. The summed E-state index contributed by atoms with van der Waals surface area (Å²) >= 11 is 0. The molecule has 0 bridgehead atoms. The normalized spacial score (nSPS) is 23.9. The maximum atomic E-state index is 9.23. The zero-order chi connectivity index (χ0) is 13.1. The first-order valence-electron chi connectivity index (χ1n) is 6.49. The molecule has 1 aromatic heterocycles. The fraction of sp³-hybridized carbons (Fsp3) is 0.571. The Labute approximate surface area is 108 Å². The van der Waals surface area contributed by atoms with E-state index in [0.717, 1.165) is 36.3 Å². The molecule has 0 aromatic carbocycles. The minimum absolute atomic E-state index is 0.283. The van der Waals surface area contributed by atoms with Crippen LogP contribution in [0.4, 0.5) is 5.82 Å². The Morgan fingerprint density at radius 3 is 3.00 bits per heavy atom. The number of imidazole rings is 1. The Bertz CT molecular complexity index is 462. The molecule has 18 heavy (non-hydrogen) atoms. The largest absolute Gasteiger partial charge is 0.396 e. The van der Waals surface area contributed by atoms with Gasteiger partial charge in [0, 0.05) is 18.9 Å². The molecule has 1 fully saturated rings. The van der Waals surface area contributed by atoms with E-state index in [2.05, 4.69) is 21.1 Å². The van der Waals surface area contributed by atoms with Crippen LogP contribution in [0.5, 0.6) is 0 Å². The number of hydrogen-bond acceptors (Lipinski definition) is 3. The topological polar surface area (TPSA) is 50.4 Å². The summed E-state index contributed by atoms with van der Waals surface area (Å²) in [4.78, 5) is 8.85. The molecule has 1 aliphatic rings. The van der Waals surface area contributed by atoms with Gasteiger partial charge in [-0.1, -0.05) is 6.58 Å². The summed E-state index contributed by atoms with van der Waals surface area (Å²) in [6, 6.07) is 0.404. The molecule has 0 saturated heterocycles. The number of rotatable bonds is 4. The number of aromatic nitrogens is 2. The Balaban J connectivity index is 2.31. The van der Waals surface area contributed by atoms with Crippen LogP contribution in [0.2, 0.25) is 0 Å². The molecule has 1 heterocycles. The monoisotopic (exact) mass is 247 g/mol. The highest BCUT2D eigenvalue weighted by Gasteiger charge is 2.27. The maximum absolute atomic E-state index is 9.23. The third kappa shape index (κ3) is 2.38. The molecule has 0 spiro atoms. The highest BCUT2D eigenvalue weighted by atomic mass is 16.3. The van der Waals surface area contributed by atoms with Gasteiger partial charge < -0.3 is 9.67 Å². The van der Waals surface area contributed by atoms with Gasteiger partial charge in [0.05, 0.1) is 6.33 Å². The van der Waals surface area contributed by atoms with Crippen molar-refractivity contribution in [1.29, 1.82) is 0 Å². The number of hydrogen-bond donors (Lipinski definition) is 1. The summed E-state index contributed by atoms with van der Waals surface area (Å²) < 4.78 is 2.14. The Hall–Kier alpha value is -1.42. The van der Waals surface area contributed by atoms with Crippen LogP contribution in [-0.2, 0) is 0 Å². The van der Waals surface area contributed by atoms with Gasteiger partial charge in [-0.25, -0.2) is 9.98 Å². The third-order valence-electron chi connectivity index (χ3n) is 3.59. The molecular formula is C14H21N3O. The third-order valence-corrected chi connectivity index (χ3v) is 3.59. The van der Waals surface area contributed by atoms with Gasteiger partial charge in [-0.3, -0.25) is 0 Å². The quantitative estimate of drug-likeness (QED) is 0.832. The van der Waals surface area contributed by atoms with Crippen LogP contribution in [-0.4, -0.2) is 27.5 Å². The predicted octanol–water partition coefficient (Wildman–Crippen LogP) is 2.97. The van der Waals surface area contributed by atoms with E-state index in [1.165, 1.54) is 0 Å². The minimum atomic E-state index is 0.283. The highest BCUT2D eigenvalue weighted by molar-refractivity contribution is 5.70. The molecular weight excluding hydrogens is 226 g/mol. The molecule has 1 aliphatic carbocycles. The minimum Gasteiger partial charge on any atom is -0.396 e. The second kappa shape index (κ2) is 5.48. The lowest BCUT2D eigenvalue weighted by molar-refractivity contribution is 0.226. The van der Waals surface area contributed by atoms with Crippen LogP contribution < -0.4 is 0 Å². The van der Waals surface area contributed by atoms with Crippen LogP contribution in [0.25, 0.3) is 5.57 Å². The van der Waals surface area contributed by atoms with Crippen molar-refractivity contribution >= 4 is 17.6 Å². The van der Waals surface area contributed by atoms with E-state index in [9.17, 15) is 5.11 Å². The first kappa shape index (κ1) is 13.0. The molecule has 0 amide bonds. The lowest BCUT2D eigenvalue weighted by atomic mass is 10.1. The van der Waals surface area contributed by atoms with Gasteiger partial charge in [0.2, 0.25) is 0 Å². The number of allylic oxidation sites excluding steroid dienone is 1. The van der Waals surface area contributed by atoms with E-state index >= 15 is 0 Å². The summed E-state index contributed by atoms with van der Waals surface area (Å²) in [7, 11) is 0. The molecule has 0 radical (unpaired) electrons. The predicted molar refractivity (Wildman–Crippen MR) is 74.2 cm³/mol. The fourth-order valence-corrected chi connectivity index (χ4v) is 2.64. The number of aliphatic hydroxyl groups is 1. The van der Waals surface area contributed by atoms with Gasteiger partial charge in [-0.2, -0.15) is 0 Å². The molecule has 1 aromatic rings. The Kier molecular flexibility index (Phi) is 3.97. The van der Waals surface area contributed by atoms with Crippen molar-refractivity contribution in [3.05, 3.63) is 18.6 Å². The lowest BCUT2D eigenvalue weighted by Crippen LogP contribution is -2.06.